The summed E-state index contributed by atoms with van der Waals surface area (Å²) in [6.07, 6.45) is 3.47. The van der Waals surface area contributed by atoms with Crippen molar-refractivity contribution in [1.29, 1.82) is 0 Å². The lowest BCUT2D eigenvalue weighted by Crippen LogP contribution is -2.32. The highest BCUT2D eigenvalue weighted by molar-refractivity contribution is 5.74. The van der Waals surface area contributed by atoms with Gasteiger partial charge in [-0.25, -0.2) is 4.79 Å². The zero-order valence-electron chi connectivity index (χ0n) is 6.31. The maximum atomic E-state index is 10.6. The van der Waals surface area contributed by atoms with Crippen molar-refractivity contribution < 1.29 is 4.79 Å². The fourth-order valence-corrected chi connectivity index (χ4v) is 0.522. The molecule has 0 spiro atoms. The summed E-state index contributed by atoms with van der Waals surface area (Å²) >= 11 is 0. The number of urea groups is 1. The molecule has 0 heterocycles. The molecule has 3 heteroatoms. The van der Waals surface area contributed by atoms with Gasteiger partial charge in [0.15, 0.2) is 0 Å². The number of carbonyl (C=O) groups is 1. The second-order valence-electron chi connectivity index (χ2n) is 1.96. The monoisotopic (exact) mass is 142 g/mol. The lowest BCUT2D eigenvalue weighted by atomic mass is 10.3. The molecule has 0 aromatic carbocycles. The van der Waals surface area contributed by atoms with E-state index in [9.17, 15) is 4.79 Å². The molecule has 10 heavy (non-hydrogen) atoms. The minimum Gasteiger partial charge on any atom is -0.338 e. The van der Waals surface area contributed by atoms with Gasteiger partial charge in [-0.05, 0) is 12.6 Å². The normalized spacial score (nSPS) is 8.50. The molecular weight excluding hydrogens is 128 g/mol. The third-order valence-corrected chi connectivity index (χ3v) is 1.05. The first-order chi connectivity index (χ1) is 4.81. The fraction of sp³-hybridized carbons (Fsp3) is 0.571. The molecule has 0 fully saturated rings. The summed E-state index contributed by atoms with van der Waals surface area (Å²) in [4.78, 5) is 10.6. The van der Waals surface area contributed by atoms with Crippen LogP contribution in [-0.4, -0.2) is 12.6 Å². The molecule has 0 aliphatic rings. The van der Waals surface area contributed by atoms with Crippen molar-refractivity contribution in [3.8, 4) is 0 Å². The van der Waals surface area contributed by atoms with Crippen LogP contribution in [0.5, 0.6) is 0 Å². The number of hydrogen-bond donors (Lipinski definition) is 2. The predicted molar refractivity (Wildman–Crippen MR) is 41.6 cm³/mol. The SMILES string of the molecule is C=CNC(=O)NCCCC. The van der Waals surface area contributed by atoms with E-state index in [0.717, 1.165) is 19.4 Å². The summed E-state index contributed by atoms with van der Waals surface area (Å²) < 4.78 is 0. The Kier molecular flexibility index (Phi) is 5.53. The molecule has 0 unspecified atom stereocenters. The molecule has 0 aromatic heterocycles. The molecular formula is C7H14N2O. The van der Waals surface area contributed by atoms with Crippen molar-refractivity contribution in [2.75, 3.05) is 6.54 Å². The molecule has 0 saturated carbocycles. The summed E-state index contributed by atoms with van der Waals surface area (Å²) in [7, 11) is 0. The molecule has 0 aliphatic carbocycles. The topological polar surface area (TPSA) is 41.1 Å². The number of nitrogens with one attached hydrogen (secondary N) is 2. The number of hydrogen-bond acceptors (Lipinski definition) is 1. The molecule has 0 bridgehead atoms. The molecule has 0 saturated heterocycles. The Bertz CT molecular complexity index is 112. The average Bonchev–Trinajstić information content (AvgIpc) is 1.89. The van der Waals surface area contributed by atoms with Crippen molar-refractivity contribution in [3.05, 3.63) is 12.8 Å². The number of amides is 2. The van der Waals surface area contributed by atoms with Crippen LogP contribution in [0.15, 0.2) is 12.8 Å². The van der Waals surface area contributed by atoms with E-state index in [2.05, 4.69) is 24.1 Å². The van der Waals surface area contributed by atoms with Crippen LogP contribution in [0, 0.1) is 0 Å². The Morgan fingerprint density at radius 3 is 2.90 bits per heavy atom. The molecule has 2 N–H and O–H groups in total. The van der Waals surface area contributed by atoms with E-state index in [0.29, 0.717) is 0 Å². The van der Waals surface area contributed by atoms with E-state index >= 15 is 0 Å². The predicted octanol–water partition coefficient (Wildman–Crippen LogP) is 1.23. The van der Waals surface area contributed by atoms with Crippen molar-refractivity contribution >= 4 is 6.03 Å². The van der Waals surface area contributed by atoms with Gasteiger partial charge >= 0.3 is 6.03 Å². The van der Waals surface area contributed by atoms with Crippen molar-refractivity contribution in [2.45, 2.75) is 19.8 Å². The van der Waals surface area contributed by atoms with Crippen LogP contribution in [0.25, 0.3) is 0 Å². The first kappa shape index (κ1) is 9.01. The molecule has 58 valence electrons. The Balaban J connectivity index is 3.13. The summed E-state index contributed by atoms with van der Waals surface area (Å²) in [5.74, 6) is 0. The van der Waals surface area contributed by atoms with Crippen LogP contribution < -0.4 is 10.6 Å². The van der Waals surface area contributed by atoms with E-state index < -0.39 is 0 Å². The van der Waals surface area contributed by atoms with Gasteiger partial charge in [-0.3, -0.25) is 0 Å². The van der Waals surface area contributed by atoms with Crippen molar-refractivity contribution in [3.63, 3.8) is 0 Å². The standard InChI is InChI=1S/C7H14N2O/c1-3-5-6-9-7(10)8-4-2/h4H,2-3,5-6H2,1H3,(H2,8,9,10). The van der Waals surface area contributed by atoms with Gasteiger partial charge in [-0.1, -0.05) is 19.9 Å². The van der Waals surface area contributed by atoms with Crippen LogP contribution in [0.2, 0.25) is 0 Å². The van der Waals surface area contributed by atoms with Crippen molar-refractivity contribution in [2.24, 2.45) is 0 Å². The number of rotatable bonds is 4. The fourth-order valence-electron chi connectivity index (χ4n) is 0.522. The number of carbonyl (C=O) groups excluding carboxylic acids is 1. The smallest absolute Gasteiger partial charge is 0.318 e. The maximum Gasteiger partial charge on any atom is 0.318 e. The molecule has 2 amide bonds. The van der Waals surface area contributed by atoms with Gasteiger partial charge in [0.1, 0.15) is 0 Å². The van der Waals surface area contributed by atoms with E-state index in [1.165, 1.54) is 6.20 Å². The number of unbranched alkanes of at least 4 members (excludes halogenated alkanes) is 1. The maximum absolute atomic E-state index is 10.6. The Morgan fingerprint density at radius 2 is 2.40 bits per heavy atom. The molecule has 0 radical (unpaired) electrons. The summed E-state index contributed by atoms with van der Waals surface area (Å²) in [6.45, 7) is 6.17. The van der Waals surface area contributed by atoms with Gasteiger partial charge in [-0.15, -0.1) is 0 Å². The largest absolute Gasteiger partial charge is 0.338 e. The third-order valence-electron chi connectivity index (χ3n) is 1.05. The van der Waals surface area contributed by atoms with Crippen molar-refractivity contribution in [1.82, 2.24) is 10.6 Å². The zero-order chi connectivity index (χ0) is 7.82. The summed E-state index contributed by atoms with van der Waals surface area (Å²) in [5.41, 5.74) is 0. The van der Waals surface area contributed by atoms with Crippen LogP contribution in [0.4, 0.5) is 4.79 Å². The van der Waals surface area contributed by atoms with E-state index in [4.69, 9.17) is 0 Å². The molecule has 3 nitrogen and oxygen atoms in total. The van der Waals surface area contributed by atoms with Gasteiger partial charge in [0.25, 0.3) is 0 Å². The van der Waals surface area contributed by atoms with Gasteiger partial charge in [0, 0.05) is 6.54 Å². The summed E-state index contributed by atoms with van der Waals surface area (Å²) in [5, 5.41) is 5.08. The summed E-state index contributed by atoms with van der Waals surface area (Å²) in [6, 6.07) is -0.177. The highest BCUT2D eigenvalue weighted by Gasteiger charge is 1.92. The van der Waals surface area contributed by atoms with Gasteiger partial charge in [-0.2, -0.15) is 0 Å². The van der Waals surface area contributed by atoms with E-state index in [1.807, 2.05) is 0 Å². The minimum absolute atomic E-state index is 0.177. The Morgan fingerprint density at radius 1 is 1.70 bits per heavy atom. The Hall–Kier alpha value is -0.990. The molecule has 0 atom stereocenters. The lowest BCUT2D eigenvalue weighted by molar-refractivity contribution is 0.244. The van der Waals surface area contributed by atoms with E-state index in [1.54, 1.807) is 0 Å². The first-order valence-electron chi connectivity index (χ1n) is 3.46. The molecule has 0 aliphatic heterocycles. The minimum atomic E-state index is -0.177. The second-order valence-corrected chi connectivity index (χ2v) is 1.96. The van der Waals surface area contributed by atoms with Crippen LogP contribution in [-0.2, 0) is 0 Å². The average molecular weight is 142 g/mol. The van der Waals surface area contributed by atoms with Gasteiger partial charge in [0.05, 0.1) is 0 Å². The van der Waals surface area contributed by atoms with Crippen LogP contribution in [0.1, 0.15) is 19.8 Å². The molecule has 0 aromatic rings. The van der Waals surface area contributed by atoms with Crippen LogP contribution >= 0.6 is 0 Å². The quantitative estimate of drug-likeness (QED) is 0.569. The Labute approximate surface area is 61.5 Å². The van der Waals surface area contributed by atoms with Crippen LogP contribution in [0.3, 0.4) is 0 Å². The molecule has 0 rings (SSSR count). The third kappa shape index (κ3) is 5.15. The zero-order valence-corrected chi connectivity index (χ0v) is 6.31. The van der Waals surface area contributed by atoms with E-state index in [-0.39, 0.29) is 6.03 Å². The lowest BCUT2D eigenvalue weighted by Gasteiger charge is -2.01. The highest BCUT2D eigenvalue weighted by atomic mass is 16.2. The van der Waals surface area contributed by atoms with Gasteiger partial charge in [0.2, 0.25) is 0 Å². The van der Waals surface area contributed by atoms with Gasteiger partial charge < -0.3 is 10.6 Å². The highest BCUT2D eigenvalue weighted by Crippen LogP contribution is 1.81. The second kappa shape index (κ2) is 6.13. The first-order valence-corrected chi connectivity index (χ1v) is 3.46.